The molecule has 0 bridgehead atoms. The number of anilines is 1. The fraction of sp³-hybridized carbons (Fsp3) is 0.250. The summed E-state index contributed by atoms with van der Waals surface area (Å²) in [5.74, 6) is -1.15. The number of hydrogen-bond acceptors (Lipinski definition) is 6. The third-order valence-corrected chi connectivity index (χ3v) is 2.26. The van der Waals surface area contributed by atoms with Gasteiger partial charge in [0.2, 0.25) is 0 Å². The highest BCUT2D eigenvalue weighted by Gasteiger charge is 2.13. The Balaban J connectivity index is 2.77. The molecule has 0 aliphatic rings. The summed E-state index contributed by atoms with van der Waals surface area (Å²) >= 11 is 0. The van der Waals surface area contributed by atoms with Gasteiger partial charge in [0, 0.05) is 18.6 Å². The van der Waals surface area contributed by atoms with Crippen LogP contribution in [0.5, 0.6) is 0 Å². The van der Waals surface area contributed by atoms with Gasteiger partial charge in [0.1, 0.15) is 6.07 Å². The summed E-state index contributed by atoms with van der Waals surface area (Å²) in [7, 11) is 0. The molecule has 0 fully saturated rings. The van der Waals surface area contributed by atoms with E-state index >= 15 is 0 Å². The van der Waals surface area contributed by atoms with Crippen LogP contribution >= 0.6 is 0 Å². The second-order valence-electron chi connectivity index (χ2n) is 3.66. The number of nitro groups is 1. The van der Waals surface area contributed by atoms with Crippen molar-refractivity contribution in [2.45, 2.75) is 13.3 Å². The largest absolute Gasteiger partial charge is 0.456 e. The maximum Gasteiger partial charge on any atom is 0.306 e. The van der Waals surface area contributed by atoms with Crippen molar-refractivity contribution in [3.05, 3.63) is 33.9 Å². The molecule has 1 rings (SSSR count). The zero-order chi connectivity index (χ0) is 15.1. The first-order valence-corrected chi connectivity index (χ1v) is 5.62. The van der Waals surface area contributed by atoms with Crippen LogP contribution in [0, 0.1) is 21.4 Å². The van der Waals surface area contributed by atoms with Crippen LogP contribution in [0.15, 0.2) is 18.2 Å². The van der Waals surface area contributed by atoms with E-state index in [4.69, 9.17) is 5.26 Å². The van der Waals surface area contributed by atoms with E-state index in [-0.39, 0.29) is 23.4 Å². The minimum atomic E-state index is -0.643. The van der Waals surface area contributed by atoms with E-state index in [0.717, 1.165) is 12.1 Å². The summed E-state index contributed by atoms with van der Waals surface area (Å²) in [5.41, 5.74) is -0.179. The summed E-state index contributed by atoms with van der Waals surface area (Å²) in [6.07, 6.45) is 0.147. The maximum atomic E-state index is 11.5. The van der Waals surface area contributed by atoms with E-state index in [9.17, 15) is 19.7 Å². The van der Waals surface area contributed by atoms with Crippen molar-refractivity contribution >= 4 is 23.3 Å². The predicted molar refractivity (Wildman–Crippen MR) is 67.7 cm³/mol. The minimum absolute atomic E-state index is 0.0469. The third kappa shape index (κ3) is 4.06. The number of nitro benzene ring substituents is 1. The highest BCUT2D eigenvalue weighted by Crippen LogP contribution is 2.21. The Morgan fingerprint density at radius 3 is 2.75 bits per heavy atom. The molecule has 104 valence electrons. The van der Waals surface area contributed by atoms with E-state index < -0.39 is 23.4 Å². The molecule has 0 radical (unpaired) electrons. The Morgan fingerprint density at radius 2 is 2.20 bits per heavy atom. The molecule has 0 aliphatic heterocycles. The highest BCUT2D eigenvalue weighted by molar-refractivity contribution is 5.94. The van der Waals surface area contributed by atoms with Crippen molar-refractivity contribution in [2.75, 3.05) is 11.9 Å². The number of nitrogens with one attached hydrogen (secondary N) is 1. The summed E-state index contributed by atoms with van der Waals surface area (Å²) in [6, 6.07) is 5.20. The van der Waals surface area contributed by atoms with Crippen LogP contribution in [0.3, 0.4) is 0 Å². The van der Waals surface area contributed by atoms with Crippen LogP contribution in [0.25, 0.3) is 0 Å². The molecule has 0 spiro atoms. The number of amides is 1. The smallest absolute Gasteiger partial charge is 0.306 e. The molecule has 0 aromatic heterocycles. The number of ether oxygens (including phenoxy) is 1. The summed E-state index contributed by atoms with van der Waals surface area (Å²) in [6.45, 7) is 1.11. The number of carbonyl (C=O) groups is 2. The Labute approximate surface area is 114 Å². The van der Waals surface area contributed by atoms with Crippen LogP contribution in [0.2, 0.25) is 0 Å². The van der Waals surface area contributed by atoms with Gasteiger partial charge in [0.15, 0.2) is 6.61 Å². The standard InChI is InChI=1S/C12H11N3O5/c1-2-12(17)20-7-11(16)14-10-4-3-9(15(18)19)5-8(10)6-13/h3-5H,2,7H2,1H3,(H,14,16). The number of non-ortho nitro benzene ring substituents is 1. The van der Waals surface area contributed by atoms with Crippen LogP contribution in [-0.2, 0) is 14.3 Å². The quantitative estimate of drug-likeness (QED) is 0.492. The van der Waals surface area contributed by atoms with E-state index in [0.29, 0.717) is 0 Å². The molecule has 0 aliphatic carbocycles. The number of carbonyl (C=O) groups excluding carboxylic acids is 2. The molecule has 1 aromatic carbocycles. The monoisotopic (exact) mass is 277 g/mol. The van der Waals surface area contributed by atoms with Gasteiger partial charge in [-0.05, 0) is 6.07 Å². The van der Waals surface area contributed by atoms with Crippen LogP contribution in [0.1, 0.15) is 18.9 Å². The number of nitrogens with zero attached hydrogens (tertiary/aromatic N) is 2. The first-order chi connectivity index (χ1) is 9.47. The summed E-state index contributed by atoms with van der Waals surface area (Å²) in [4.78, 5) is 32.3. The Morgan fingerprint density at radius 1 is 1.50 bits per heavy atom. The van der Waals surface area contributed by atoms with Gasteiger partial charge in [-0.25, -0.2) is 0 Å². The fourth-order valence-electron chi connectivity index (χ4n) is 1.28. The zero-order valence-corrected chi connectivity index (χ0v) is 10.6. The van der Waals surface area contributed by atoms with E-state index in [1.165, 1.54) is 6.07 Å². The summed E-state index contributed by atoms with van der Waals surface area (Å²) in [5, 5.41) is 21.8. The van der Waals surface area contributed by atoms with Crippen molar-refractivity contribution in [3.63, 3.8) is 0 Å². The molecule has 0 unspecified atom stereocenters. The van der Waals surface area contributed by atoms with Crippen molar-refractivity contribution in [1.29, 1.82) is 5.26 Å². The average Bonchev–Trinajstić information content (AvgIpc) is 2.44. The molecular formula is C12H11N3O5. The van der Waals surface area contributed by atoms with Crippen LogP contribution in [-0.4, -0.2) is 23.4 Å². The van der Waals surface area contributed by atoms with E-state index in [1.807, 2.05) is 0 Å². The molecule has 0 saturated heterocycles. The lowest BCUT2D eigenvalue weighted by atomic mass is 10.1. The van der Waals surface area contributed by atoms with Crippen LogP contribution in [0.4, 0.5) is 11.4 Å². The molecular weight excluding hydrogens is 266 g/mol. The van der Waals surface area contributed by atoms with Crippen molar-refractivity contribution < 1.29 is 19.2 Å². The lowest BCUT2D eigenvalue weighted by Crippen LogP contribution is -2.21. The second kappa shape index (κ2) is 6.84. The minimum Gasteiger partial charge on any atom is -0.456 e. The maximum absolute atomic E-state index is 11.5. The molecule has 8 heteroatoms. The molecule has 20 heavy (non-hydrogen) atoms. The Hall–Kier alpha value is -2.95. The topological polar surface area (TPSA) is 122 Å². The van der Waals surface area contributed by atoms with E-state index in [1.54, 1.807) is 13.0 Å². The van der Waals surface area contributed by atoms with Gasteiger partial charge < -0.3 is 10.1 Å². The van der Waals surface area contributed by atoms with Gasteiger partial charge in [0.25, 0.3) is 11.6 Å². The van der Waals surface area contributed by atoms with Crippen molar-refractivity contribution in [3.8, 4) is 6.07 Å². The number of esters is 1. The van der Waals surface area contributed by atoms with Crippen molar-refractivity contribution in [2.24, 2.45) is 0 Å². The molecule has 1 N–H and O–H groups in total. The SMILES string of the molecule is CCC(=O)OCC(=O)Nc1ccc([N+](=O)[O-])cc1C#N. The molecule has 0 saturated carbocycles. The zero-order valence-electron chi connectivity index (χ0n) is 10.6. The lowest BCUT2D eigenvalue weighted by Gasteiger charge is -2.07. The predicted octanol–water partition coefficient (Wildman–Crippen LogP) is 1.36. The van der Waals surface area contributed by atoms with Gasteiger partial charge in [0.05, 0.1) is 16.2 Å². The van der Waals surface area contributed by atoms with E-state index in [2.05, 4.69) is 10.1 Å². The number of nitriles is 1. The Kier molecular flexibility index (Phi) is 5.17. The highest BCUT2D eigenvalue weighted by atomic mass is 16.6. The summed E-state index contributed by atoms with van der Waals surface area (Å²) < 4.78 is 4.62. The first-order valence-electron chi connectivity index (χ1n) is 5.62. The van der Waals surface area contributed by atoms with Gasteiger partial charge in [-0.3, -0.25) is 19.7 Å². The lowest BCUT2D eigenvalue weighted by molar-refractivity contribution is -0.384. The van der Waals surface area contributed by atoms with Gasteiger partial charge >= 0.3 is 5.97 Å². The number of rotatable bonds is 5. The average molecular weight is 277 g/mol. The second-order valence-corrected chi connectivity index (χ2v) is 3.66. The number of benzene rings is 1. The number of hydrogen-bond donors (Lipinski definition) is 1. The molecule has 8 nitrogen and oxygen atoms in total. The van der Waals surface area contributed by atoms with Crippen LogP contribution < -0.4 is 5.32 Å². The molecule has 1 amide bonds. The normalized spacial score (nSPS) is 9.40. The molecule has 1 aromatic rings. The van der Waals surface area contributed by atoms with Crippen molar-refractivity contribution in [1.82, 2.24) is 0 Å². The van der Waals surface area contributed by atoms with Gasteiger partial charge in [-0.2, -0.15) is 5.26 Å². The van der Waals surface area contributed by atoms with Gasteiger partial charge in [-0.1, -0.05) is 6.92 Å². The molecule has 0 heterocycles. The van der Waals surface area contributed by atoms with Gasteiger partial charge in [-0.15, -0.1) is 0 Å². The molecule has 0 atom stereocenters. The fourth-order valence-corrected chi connectivity index (χ4v) is 1.28. The first kappa shape index (κ1) is 15.1. The Bertz CT molecular complexity index is 591. The third-order valence-electron chi connectivity index (χ3n) is 2.26.